The Balaban J connectivity index is 0.000000810. The van der Waals surface area contributed by atoms with Crippen LogP contribution in [0.3, 0.4) is 0 Å². The van der Waals surface area contributed by atoms with Gasteiger partial charge in [-0.2, -0.15) is 0 Å². The third-order valence-corrected chi connectivity index (χ3v) is 2.03. The van der Waals surface area contributed by atoms with Gasteiger partial charge in [0.05, 0.1) is 0 Å². The second-order valence-corrected chi connectivity index (χ2v) is 2.77. The van der Waals surface area contributed by atoms with Crippen LogP contribution >= 0.6 is 0 Å². The molecule has 0 aliphatic carbocycles. The molecule has 1 saturated heterocycles. The van der Waals surface area contributed by atoms with Gasteiger partial charge in [0.1, 0.15) is 0 Å². The predicted octanol–water partition coefficient (Wildman–Crippen LogP) is 0.971. The van der Waals surface area contributed by atoms with Gasteiger partial charge in [0.2, 0.25) is 0 Å². The molecule has 0 radical (unpaired) electrons. The molecular weight excluding hydrogens is 124 g/mol. The molecule has 0 amide bonds. The Hall–Kier alpha value is -0.0800. The molecule has 0 saturated carbocycles. The molecule has 0 spiro atoms. The third kappa shape index (κ3) is 3.18. The molecule has 0 atom stereocenters. The summed E-state index contributed by atoms with van der Waals surface area (Å²) in [5.74, 6) is 0.913. The summed E-state index contributed by atoms with van der Waals surface area (Å²) >= 11 is 0. The Morgan fingerprint density at radius 1 is 1.30 bits per heavy atom. The maximum absolute atomic E-state index is 5.44. The predicted molar refractivity (Wildman–Crippen MR) is 46.0 cm³/mol. The molecule has 0 unspecified atom stereocenters. The Morgan fingerprint density at radius 3 is 2.40 bits per heavy atom. The highest BCUT2D eigenvalue weighted by atomic mass is 14.9. The van der Waals surface area contributed by atoms with Crippen LogP contribution in [-0.4, -0.2) is 19.6 Å². The van der Waals surface area contributed by atoms with Gasteiger partial charge in [0.25, 0.3) is 0 Å². The maximum Gasteiger partial charge on any atom is -0.00463 e. The molecule has 3 N–H and O–H groups in total. The van der Waals surface area contributed by atoms with Gasteiger partial charge in [-0.05, 0) is 44.8 Å². The molecule has 62 valence electrons. The summed E-state index contributed by atoms with van der Waals surface area (Å²) in [6.45, 7) is 3.26. The van der Waals surface area contributed by atoms with Crippen LogP contribution in [0.4, 0.5) is 0 Å². The van der Waals surface area contributed by atoms with Crippen molar-refractivity contribution in [3.63, 3.8) is 0 Å². The fourth-order valence-corrected chi connectivity index (χ4v) is 1.41. The smallest absolute Gasteiger partial charge is 0.00463 e. The van der Waals surface area contributed by atoms with Crippen LogP contribution in [0.1, 0.15) is 26.7 Å². The minimum atomic E-state index is 0. The van der Waals surface area contributed by atoms with Crippen molar-refractivity contribution in [1.29, 1.82) is 0 Å². The summed E-state index contributed by atoms with van der Waals surface area (Å²) < 4.78 is 0. The number of rotatable bonds is 2. The molecule has 1 rings (SSSR count). The zero-order chi connectivity index (χ0) is 6.53. The summed E-state index contributed by atoms with van der Waals surface area (Å²) in [5, 5.41) is 3.33. The molecule has 0 aromatic carbocycles. The van der Waals surface area contributed by atoms with Gasteiger partial charge < -0.3 is 11.1 Å². The van der Waals surface area contributed by atoms with E-state index < -0.39 is 0 Å². The van der Waals surface area contributed by atoms with Crippen LogP contribution in [0, 0.1) is 5.92 Å². The van der Waals surface area contributed by atoms with Gasteiger partial charge in [-0.25, -0.2) is 0 Å². The van der Waals surface area contributed by atoms with Crippen molar-refractivity contribution in [3.05, 3.63) is 0 Å². The van der Waals surface area contributed by atoms with Crippen molar-refractivity contribution in [3.8, 4) is 0 Å². The number of nitrogens with one attached hydrogen (secondary N) is 1. The minimum Gasteiger partial charge on any atom is -0.330 e. The summed E-state index contributed by atoms with van der Waals surface area (Å²) in [7, 11) is 0. The van der Waals surface area contributed by atoms with Crippen LogP contribution in [0.25, 0.3) is 0 Å². The SMILES string of the molecule is C.NCCC1CCNCC1. The van der Waals surface area contributed by atoms with Crippen LogP contribution in [0.5, 0.6) is 0 Å². The van der Waals surface area contributed by atoms with Crippen LogP contribution in [0.2, 0.25) is 0 Å². The second-order valence-electron chi connectivity index (χ2n) is 2.77. The van der Waals surface area contributed by atoms with E-state index in [0.29, 0.717) is 0 Å². The molecule has 0 aromatic heterocycles. The van der Waals surface area contributed by atoms with Crippen molar-refractivity contribution >= 4 is 0 Å². The molecule has 10 heavy (non-hydrogen) atoms. The maximum atomic E-state index is 5.44. The summed E-state index contributed by atoms with van der Waals surface area (Å²) in [6.07, 6.45) is 3.88. The van der Waals surface area contributed by atoms with E-state index in [0.717, 1.165) is 12.5 Å². The minimum absolute atomic E-state index is 0. The van der Waals surface area contributed by atoms with Crippen molar-refractivity contribution in [2.75, 3.05) is 19.6 Å². The number of hydrogen-bond donors (Lipinski definition) is 2. The van der Waals surface area contributed by atoms with E-state index in [1.54, 1.807) is 0 Å². The number of piperidine rings is 1. The quantitative estimate of drug-likeness (QED) is 0.606. The number of nitrogens with two attached hydrogens (primary N) is 1. The number of hydrogen-bond acceptors (Lipinski definition) is 2. The molecular formula is C8H20N2. The lowest BCUT2D eigenvalue weighted by Crippen LogP contribution is -2.28. The summed E-state index contributed by atoms with van der Waals surface area (Å²) in [5.41, 5.74) is 5.44. The normalized spacial score (nSPS) is 20.1. The average molecular weight is 144 g/mol. The highest BCUT2D eigenvalue weighted by Crippen LogP contribution is 2.13. The van der Waals surface area contributed by atoms with E-state index in [1.165, 1.54) is 32.4 Å². The lowest BCUT2D eigenvalue weighted by Gasteiger charge is -2.21. The van der Waals surface area contributed by atoms with Crippen LogP contribution in [0.15, 0.2) is 0 Å². The fourth-order valence-electron chi connectivity index (χ4n) is 1.41. The summed E-state index contributed by atoms with van der Waals surface area (Å²) in [4.78, 5) is 0. The van der Waals surface area contributed by atoms with Gasteiger partial charge >= 0.3 is 0 Å². The first-order valence-corrected chi connectivity index (χ1v) is 3.84. The van der Waals surface area contributed by atoms with E-state index in [1.807, 2.05) is 0 Å². The van der Waals surface area contributed by atoms with E-state index in [-0.39, 0.29) is 7.43 Å². The van der Waals surface area contributed by atoms with E-state index in [2.05, 4.69) is 5.32 Å². The van der Waals surface area contributed by atoms with Crippen molar-refractivity contribution < 1.29 is 0 Å². The highest BCUT2D eigenvalue weighted by molar-refractivity contribution is 4.68. The first-order valence-electron chi connectivity index (χ1n) is 3.84. The standard InChI is InChI=1S/C7H16N2.CH4/c8-4-1-7-2-5-9-6-3-7;/h7,9H,1-6,8H2;1H4. The zero-order valence-electron chi connectivity index (χ0n) is 5.90. The Morgan fingerprint density at radius 2 is 1.90 bits per heavy atom. The fraction of sp³-hybridized carbons (Fsp3) is 1.00. The molecule has 2 heteroatoms. The second kappa shape index (κ2) is 5.69. The van der Waals surface area contributed by atoms with Crippen molar-refractivity contribution in [1.82, 2.24) is 5.32 Å². The van der Waals surface area contributed by atoms with Crippen molar-refractivity contribution in [2.24, 2.45) is 11.7 Å². The van der Waals surface area contributed by atoms with Gasteiger partial charge in [0, 0.05) is 0 Å². The van der Waals surface area contributed by atoms with Gasteiger partial charge in [-0.3, -0.25) is 0 Å². The molecule has 1 aliphatic heterocycles. The highest BCUT2D eigenvalue weighted by Gasteiger charge is 2.10. The topological polar surface area (TPSA) is 38.0 Å². The van der Waals surface area contributed by atoms with Crippen LogP contribution < -0.4 is 11.1 Å². The monoisotopic (exact) mass is 144 g/mol. The molecule has 1 heterocycles. The molecule has 1 aliphatic rings. The Bertz CT molecular complexity index is 64.9. The van der Waals surface area contributed by atoms with Crippen molar-refractivity contribution in [2.45, 2.75) is 26.7 Å². The van der Waals surface area contributed by atoms with Gasteiger partial charge in [0.15, 0.2) is 0 Å². The Kier molecular flexibility index (Phi) is 5.64. The van der Waals surface area contributed by atoms with Gasteiger partial charge in [-0.15, -0.1) is 0 Å². The first-order chi connectivity index (χ1) is 4.43. The average Bonchev–Trinajstić information content (AvgIpc) is 1.91. The molecule has 1 fully saturated rings. The lowest BCUT2D eigenvalue weighted by atomic mass is 9.95. The van der Waals surface area contributed by atoms with E-state index in [4.69, 9.17) is 5.73 Å². The molecule has 0 bridgehead atoms. The van der Waals surface area contributed by atoms with E-state index >= 15 is 0 Å². The molecule has 2 nitrogen and oxygen atoms in total. The Labute approximate surface area is 64.2 Å². The summed E-state index contributed by atoms with van der Waals surface area (Å²) in [6, 6.07) is 0. The third-order valence-electron chi connectivity index (χ3n) is 2.03. The molecule has 0 aromatic rings. The first kappa shape index (κ1) is 9.92. The largest absolute Gasteiger partial charge is 0.330 e. The zero-order valence-corrected chi connectivity index (χ0v) is 5.90. The van der Waals surface area contributed by atoms with Crippen LogP contribution in [-0.2, 0) is 0 Å². The van der Waals surface area contributed by atoms with E-state index in [9.17, 15) is 0 Å². The van der Waals surface area contributed by atoms with Gasteiger partial charge in [-0.1, -0.05) is 7.43 Å². The lowest BCUT2D eigenvalue weighted by molar-refractivity contribution is 0.358.